The number of halogens is 2. The second-order valence-corrected chi connectivity index (χ2v) is 5.93. The molecule has 0 atom stereocenters. The number of hydrogen-bond donors (Lipinski definition) is 2. The molecule has 0 fully saturated rings. The SMILES string of the molecule is C.CNC(=O)c1ccnc(N2CC(N)=C(C=NCc3ccc(F)cc3F)C2)n1. The van der Waals surface area contributed by atoms with Gasteiger partial charge in [-0.3, -0.25) is 9.79 Å². The molecule has 1 amide bonds. The first-order chi connectivity index (χ1) is 13.0. The number of aliphatic imine (C=N–C) groups is 1. The van der Waals surface area contributed by atoms with Gasteiger partial charge in [0, 0.05) is 48.9 Å². The van der Waals surface area contributed by atoms with Gasteiger partial charge in [-0.1, -0.05) is 13.5 Å². The van der Waals surface area contributed by atoms with Gasteiger partial charge in [-0.2, -0.15) is 0 Å². The number of anilines is 1. The largest absolute Gasteiger partial charge is 0.400 e. The van der Waals surface area contributed by atoms with E-state index < -0.39 is 11.6 Å². The Kier molecular flexibility index (Phi) is 6.75. The monoisotopic (exact) mass is 388 g/mol. The van der Waals surface area contributed by atoms with Crippen molar-refractivity contribution in [3.8, 4) is 0 Å². The molecule has 3 N–H and O–H groups in total. The van der Waals surface area contributed by atoms with Gasteiger partial charge in [0.05, 0.1) is 13.1 Å². The number of nitrogens with zero attached hydrogens (tertiary/aromatic N) is 4. The van der Waals surface area contributed by atoms with Crippen LogP contribution in [0.4, 0.5) is 14.7 Å². The third kappa shape index (κ3) is 4.67. The Labute approximate surface area is 162 Å². The van der Waals surface area contributed by atoms with Crippen LogP contribution in [0.5, 0.6) is 0 Å². The van der Waals surface area contributed by atoms with E-state index in [1.165, 1.54) is 31.4 Å². The van der Waals surface area contributed by atoms with Crippen molar-refractivity contribution in [1.29, 1.82) is 0 Å². The van der Waals surface area contributed by atoms with E-state index in [9.17, 15) is 13.6 Å². The van der Waals surface area contributed by atoms with Crippen molar-refractivity contribution >= 4 is 18.1 Å². The molecule has 0 spiro atoms. The molecule has 2 aromatic rings. The molecule has 0 saturated carbocycles. The molecular formula is C19H22F2N6O. The molecule has 3 rings (SSSR count). The zero-order chi connectivity index (χ0) is 19.4. The Hall–Kier alpha value is -3.36. The molecule has 0 bridgehead atoms. The summed E-state index contributed by atoms with van der Waals surface area (Å²) in [5.74, 6) is -1.19. The van der Waals surface area contributed by atoms with Gasteiger partial charge < -0.3 is 16.0 Å². The van der Waals surface area contributed by atoms with Crippen LogP contribution in [0, 0.1) is 11.6 Å². The zero-order valence-electron chi connectivity index (χ0n) is 14.6. The van der Waals surface area contributed by atoms with E-state index in [1.54, 1.807) is 6.21 Å². The molecular weight excluding hydrogens is 366 g/mol. The molecule has 1 aliphatic rings. The number of carbonyl (C=O) groups excluding carboxylic acids is 1. The summed E-state index contributed by atoms with van der Waals surface area (Å²) >= 11 is 0. The normalized spacial score (nSPS) is 13.8. The molecule has 0 aliphatic carbocycles. The van der Waals surface area contributed by atoms with Crippen molar-refractivity contribution in [3.63, 3.8) is 0 Å². The van der Waals surface area contributed by atoms with Gasteiger partial charge in [-0.25, -0.2) is 18.7 Å². The second-order valence-electron chi connectivity index (χ2n) is 5.93. The smallest absolute Gasteiger partial charge is 0.269 e. The number of nitrogens with one attached hydrogen (secondary N) is 1. The molecule has 0 saturated heterocycles. The number of carbonyl (C=O) groups is 1. The summed E-state index contributed by atoms with van der Waals surface area (Å²) in [4.78, 5) is 26.1. The zero-order valence-corrected chi connectivity index (χ0v) is 14.6. The van der Waals surface area contributed by atoms with Crippen molar-refractivity contribution in [2.45, 2.75) is 14.0 Å². The van der Waals surface area contributed by atoms with E-state index in [-0.39, 0.29) is 25.6 Å². The van der Waals surface area contributed by atoms with Crippen LogP contribution in [0.25, 0.3) is 0 Å². The number of nitrogens with two attached hydrogens (primary N) is 1. The third-order valence-electron chi connectivity index (χ3n) is 4.04. The number of hydrogen-bond acceptors (Lipinski definition) is 6. The molecule has 7 nitrogen and oxygen atoms in total. The number of aromatic nitrogens is 2. The highest BCUT2D eigenvalue weighted by molar-refractivity contribution is 5.92. The van der Waals surface area contributed by atoms with E-state index in [1.807, 2.05) is 4.90 Å². The number of benzene rings is 1. The topological polar surface area (TPSA) is 96.5 Å². The minimum atomic E-state index is -0.637. The predicted molar refractivity (Wildman–Crippen MR) is 104 cm³/mol. The Bertz CT molecular complexity index is 928. The first-order valence-corrected chi connectivity index (χ1v) is 8.19. The number of rotatable bonds is 5. The van der Waals surface area contributed by atoms with Gasteiger partial charge in [0.15, 0.2) is 0 Å². The summed E-state index contributed by atoms with van der Waals surface area (Å²) in [6, 6.07) is 4.90. The summed E-state index contributed by atoms with van der Waals surface area (Å²) in [6.07, 6.45) is 3.08. The lowest BCUT2D eigenvalue weighted by Gasteiger charge is -2.16. The van der Waals surface area contributed by atoms with E-state index in [4.69, 9.17) is 5.73 Å². The van der Waals surface area contributed by atoms with Crippen LogP contribution in [0.2, 0.25) is 0 Å². The van der Waals surface area contributed by atoms with Gasteiger partial charge in [-0.05, 0) is 12.1 Å². The number of amides is 1. The van der Waals surface area contributed by atoms with Gasteiger partial charge in [0.25, 0.3) is 5.91 Å². The second kappa shape index (κ2) is 9.03. The highest BCUT2D eigenvalue weighted by Gasteiger charge is 2.22. The van der Waals surface area contributed by atoms with Crippen LogP contribution in [-0.2, 0) is 6.54 Å². The Balaban J connectivity index is 0.00000280. The standard InChI is InChI=1S/C18H18F2N6O.CH4/c1-22-17(27)16-4-5-24-18(25-16)26-9-12(15(21)10-26)8-23-7-11-2-3-13(19)6-14(11)20;/h2-6,8H,7,9-10,21H2,1H3,(H,22,27);1H4. The maximum absolute atomic E-state index is 13.6. The molecule has 1 aliphatic heterocycles. The summed E-state index contributed by atoms with van der Waals surface area (Å²) in [6.45, 7) is 0.882. The van der Waals surface area contributed by atoms with Gasteiger partial charge in [-0.15, -0.1) is 0 Å². The summed E-state index contributed by atoms with van der Waals surface area (Å²) in [5, 5.41) is 2.51. The van der Waals surface area contributed by atoms with Crippen LogP contribution in [-0.4, -0.2) is 42.2 Å². The third-order valence-corrected chi connectivity index (χ3v) is 4.04. The average Bonchev–Trinajstić information content (AvgIpc) is 3.04. The Morgan fingerprint density at radius 3 is 2.86 bits per heavy atom. The van der Waals surface area contributed by atoms with E-state index >= 15 is 0 Å². The lowest BCUT2D eigenvalue weighted by Crippen LogP contribution is -2.26. The minimum absolute atomic E-state index is 0. The predicted octanol–water partition coefficient (Wildman–Crippen LogP) is 2.05. The molecule has 28 heavy (non-hydrogen) atoms. The van der Waals surface area contributed by atoms with Gasteiger partial charge in [0.1, 0.15) is 17.3 Å². The fourth-order valence-corrected chi connectivity index (χ4v) is 2.59. The fourth-order valence-electron chi connectivity index (χ4n) is 2.59. The molecule has 2 heterocycles. The van der Waals surface area contributed by atoms with E-state index in [2.05, 4.69) is 20.3 Å². The van der Waals surface area contributed by atoms with Crippen molar-refractivity contribution in [3.05, 3.63) is 64.6 Å². The van der Waals surface area contributed by atoms with Gasteiger partial charge in [0.2, 0.25) is 5.95 Å². The van der Waals surface area contributed by atoms with Crippen molar-refractivity contribution in [2.24, 2.45) is 10.7 Å². The lowest BCUT2D eigenvalue weighted by molar-refractivity contribution is 0.0958. The van der Waals surface area contributed by atoms with Crippen LogP contribution >= 0.6 is 0 Å². The van der Waals surface area contributed by atoms with Crippen LogP contribution in [0.1, 0.15) is 23.5 Å². The van der Waals surface area contributed by atoms with Crippen LogP contribution < -0.4 is 16.0 Å². The Morgan fingerprint density at radius 2 is 2.14 bits per heavy atom. The maximum Gasteiger partial charge on any atom is 0.269 e. The highest BCUT2D eigenvalue weighted by Crippen LogP contribution is 2.18. The molecule has 0 unspecified atom stereocenters. The highest BCUT2D eigenvalue weighted by atomic mass is 19.1. The van der Waals surface area contributed by atoms with Crippen molar-refractivity contribution < 1.29 is 13.6 Å². The molecule has 1 aromatic heterocycles. The Morgan fingerprint density at radius 1 is 1.36 bits per heavy atom. The van der Waals surface area contributed by atoms with Crippen LogP contribution in [0.15, 0.2) is 46.7 Å². The first-order valence-electron chi connectivity index (χ1n) is 8.19. The van der Waals surface area contributed by atoms with Gasteiger partial charge >= 0.3 is 0 Å². The summed E-state index contributed by atoms with van der Waals surface area (Å²) in [5.41, 5.74) is 7.95. The quantitative estimate of drug-likeness (QED) is 0.765. The maximum atomic E-state index is 13.6. The van der Waals surface area contributed by atoms with E-state index in [0.29, 0.717) is 30.3 Å². The summed E-state index contributed by atoms with van der Waals surface area (Å²) < 4.78 is 26.6. The average molecular weight is 388 g/mol. The molecule has 0 radical (unpaired) electrons. The first kappa shape index (κ1) is 20.9. The molecule has 148 valence electrons. The van der Waals surface area contributed by atoms with Crippen molar-refractivity contribution in [2.75, 3.05) is 25.0 Å². The van der Waals surface area contributed by atoms with E-state index in [0.717, 1.165) is 11.6 Å². The lowest BCUT2D eigenvalue weighted by atomic mass is 10.2. The molecule has 1 aromatic carbocycles. The van der Waals surface area contributed by atoms with Crippen LogP contribution in [0.3, 0.4) is 0 Å². The molecule has 9 heteroatoms. The minimum Gasteiger partial charge on any atom is -0.400 e. The fraction of sp³-hybridized carbons (Fsp3) is 0.263. The van der Waals surface area contributed by atoms with Crippen molar-refractivity contribution in [1.82, 2.24) is 15.3 Å². The summed E-state index contributed by atoms with van der Waals surface area (Å²) in [7, 11) is 1.53.